The van der Waals surface area contributed by atoms with Crippen LogP contribution in [0.15, 0.2) is 17.3 Å². The fourth-order valence-electron chi connectivity index (χ4n) is 0.818. The number of nitrogens with zero attached hydrogens (tertiary/aromatic N) is 2. The topological polar surface area (TPSA) is 42.3 Å². The van der Waals surface area contributed by atoms with Crippen molar-refractivity contribution in [1.82, 2.24) is 4.98 Å². The maximum atomic E-state index is 9.97. The summed E-state index contributed by atoms with van der Waals surface area (Å²) >= 11 is 11.3. The number of halogens is 2. The molecule has 0 radical (unpaired) electrons. The molecular formula is C8H6Cl2N2O. The lowest BCUT2D eigenvalue weighted by atomic mass is 10.1. The molecule has 0 amide bonds. The minimum Gasteiger partial charge on any atom is -0.243 e. The summed E-state index contributed by atoms with van der Waals surface area (Å²) in [5.41, 5.74) is 0.734. The van der Waals surface area contributed by atoms with Crippen LogP contribution in [0.4, 0.5) is 0 Å². The smallest absolute Gasteiger partial charge is 0.235 e. The Morgan fingerprint density at radius 2 is 2.31 bits per heavy atom. The van der Waals surface area contributed by atoms with Crippen molar-refractivity contribution in [2.45, 2.75) is 13.0 Å². The molecule has 1 aromatic heterocycles. The summed E-state index contributed by atoms with van der Waals surface area (Å²) in [6.07, 6.45) is 3.00. The monoisotopic (exact) mass is 216 g/mol. The molecule has 0 saturated carbocycles. The summed E-state index contributed by atoms with van der Waals surface area (Å²) in [5, 5.41) is 0.597. The highest BCUT2D eigenvalue weighted by Crippen LogP contribution is 2.24. The second-order valence-electron chi connectivity index (χ2n) is 2.44. The van der Waals surface area contributed by atoms with Crippen molar-refractivity contribution in [2.75, 3.05) is 0 Å². The van der Waals surface area contributed by atoms with E-state index >= 15 is 0 Å². The first-order valence-corrected chi connectivity index (χ1v) is 4.28. The Balaban J connectivity index is 3.03. The maximum absolute atomic E-state index is 9.97. The number of rotatable bonds is 2. The van der Waals surface area contributed by atoms with Gasteiger partial charge in [-0.3, -0.25) is 0 Å². The molecule has 1 unspecified atom stereocenters. The molecule has 5 heteroatoms. The summed E-state index contributed by atoms with van der Waals surface area (Å²) in [4.78, 5) is 17.3. The van der Waals surface area contributed by atoms with Crippen LogP contribution >= 0.6 is 23.2 Å². The predicted octanol–water partition coefficient (Wildman–Crippen LogP) is 2.79. The summed E-state index contributed by atoms with van der Waals surface area (Å²) in [6.45, 7) is 1.74. The number of pyridine rings is 1. The third kappa shape index (κ3) is 2.52. The van der Waals surface area contributed by atoms with E-state index in [1.807, 2.05) is 0 Å². The highest BCUT2D eigenvalue weighted by Gasteiger charge is 2.06. The van der Waals surface area contributed by atoms with Crippen molar-refractivity contribution in [1.29, 1.82) is 0 Å². The maximum Gasteiger partial charge on any atom is 0.235 e. The first kappa shape index (κ1) is 10.2. The summed E-state index contributed by atoms with van der Waals surface area (Å²) in [5.74, 6) is 0. The molecule has 0 saturated heterocycles. The standard InChI is InChI=1S/C8H6Cl2N2O/c1-5(12-4-13)6-2-7(9)8(10)11-3-6/h2-3,5H,1H3. The van der Waals surface area contributed by atoms with Crippen LogP contribution in [-0.4, -0.2) is 11.1 Å². The van der Waals surface area contributed by atoms with Gasteiger partial charge in [0, 0.05) is 6.20 Å². The number of aliphatic imine (C=N–C) groups is 1. The SMILES string of the molecule is CC(N=C=O)c1cnc(Cl)c(Cl)c1. The van der Waals surface area contributed by atoms with E-state index in [1.165, 1.54) is 12.3 Å². The van der Waals surface area contributed by atoms with Crippen molar-refractivity contribution >= 4 is 29.3 Å². The van der Waals surface area contributed by atoms with Gasteiger partial charge >= 0.3 is 0 Å². The molecule has 0 spiro atoms. The van der Waals surface area contributed by atoms with E-state index in [0.29, 0.717) is 5.02 Å². The first-order valence-electron chi connectivity index (χ1n) is 3.53. The van der Waals surface area contributed by atoms with Gasteiger partial charge in [0.15, 0.2) is 0 Å². The molecule has 1 atom stereocenters. The molecule has 1 heterocycles. The molecule has 0 aromatic carbocycles. The Kier molecular flexibility index (Phi) is 3.43. The van der Waals surface area contributed by atoms with Gasteiger partial charge in [-0.25, -0.2) is 9.78 Å². The van der Waals surface area contributed by atoms with E-state index in [4.69, 9.17) is 23.2 Å². The van der Waals surface area contributed by atoms with Gasteiger partial charge < -0.3 is 0 Å². The third-order valence-corrected chi connectivity index (χ3v) is 2.23. The fraction of sp³-hybridized carbons (Fsp3) is 0.250. The first-order chi connectivity index (χ1) is 6.15. The van der Waals surface area contributed by atoms with E-state index in [2.05, 4.69) is 9.98 Å². The van der Waals surface area contributed by atoms with Crippen LogP contribution in [0.2, 0.25) is 10.2 Å². The van der Waals surface area contributed by atoms with Crippen LogP contribution in [0, 0.1) is 0 Å². The molecule has 1 rings (SSSR count). The lowest BCUT2D eigenvalue weighted by molar-refractivity contribution is 0.559. The Morgan fingerprint density at radius 3 is 2.85 bits per heavy atom. The van der Waals surface area contributed by atoms with Crippen LogP contribution < -0.4 is 0 Å². The molecule has 0 aliphatic rings. The molecule has 0 aliphatic heterocycles. The van der Waals surface area contributed by atoms with Gasteiger partial charge in [-0.05, 0) is 18.6 Å². The molecule has 3 nitrogen and oxygen atoms in total. The van der Waals surface area contributed by atoms with Gasteiger partial charge in [0.1, 0.15) is 5.15 Å². The predicted molar refractivity (Wildman–Crippen MR) is 50.8 cm³/mol. The Hall–Kier alpha value is -0.890. The summed E-state index contributed by atoms with van der Waals surface area (Å²) in [6, 6.07) is 1.34. The third-order valence-electron chi connectivity index (χ3n) is 1.55. The zero-order valence-corrected chi connectivity index (χ0v) is 8.30. The van der Waals surface area contributed by atoms with Gasteiger partial charge in [-0.1, -0.05) is 23.2 Å². The van der Waals surface area contributed by atoms with E-state index in [0.717, 1.165) is 5.56 Å². The Labute approximate surface area is 85.4 Å². The molecular weight excluding hydrogens is 211 g/mol. The number of aromatic nitrogens is 1. The molecule has 0 N–H and O–H groups in total. The van der Waals surface area contributed by atoms with Crippen LogP contribution in [0.25, 0.3) is 0 Å². The largest absolute Gasteiger partial charge is 0.243 e. The lowest BCUT2D eigenvalue weighted by Crippen LogP contribution is -1.91. The van der Waals surface area contributed by atoms with Gasteiger partial charge in [0.05, 0.1) is 11.1 Å². The van der Waals surface area contributed by atoms with Crippen molar-refractivity contribution < 1.29 is 4.79 Å². The van der Waals surface area contributed by atoms with Crippen molar-refractivity contribution in [3.8, 4) is 0 Å². The minimum absolute atomic E-state index is 0.243. The number of hydrogen-bond donors (Lipinski definition) is 0. The van der Waals surface area contributed by atoms with Crippen molar-refractivity contribution in [3.05, 3.63) is 28.0 Å². The molecule has 0 bridgehead atoms. The average molecular weight is 217 g/mol. The van der Waals surface area contributed by atoms with Gasteiger partial charge in [0.2, 0.25) is 6.08 Å². The zero-order chi connectivity index (χ0) is 9.84. The normalized spacial score (nSPS) is 11.9. The minimum atomic E-state index is -0.292. The summed E-state index contributed by atoms with van der Waals surface area (Å²) in [7, 11) is 0. The van der Waals surface area contributed by atoms with Crippen LogP contribution in [0.1, 0.15) is 18.5 Å². The number of carbonyl (C=O) groups excluding carboxylic acids is 1. The fourth-order valence-corrected chi connectivity index (χ4v) is 1.10. The summed E-state index contributed by atoms with van der Waals surface area (Å²) < 4.78 is 0. The Morgan fingerprint density at radius 1 is 1.62 bits per heavy atom. The van der Waals surface area contributed by atoms with E-state index in [1.54, 1.807) is 13.0 Å². The zero-order valence-electron chi connectivity index (χ0n) is 6.79. The van der Waals surface area contributed by atoms with Gasteiger partial charge in [-0.15, -0.1) is 0 Å². The molecule has 0 fully saturated rings. The van der Waals surface area contributed by atoms with Crippen molar-refractivity contribution in [2.24, 2.45) is 4.99 Å². The Bertz CT molecular complexity index is 361. The second kappa shape index (κ2) is 4.38. The molecule has 13 heavy (non-hydrogen) atoms. The van der Waals surface area contributed by atoms with E-state index in [9.17, 15) is 4.79 Å². The van der Waals surface area contributed by atoms with Crippen LogP contribution in [0.3, 0.4) is 0 Å². The highest BCUT2D eigenvalue weighted by molar-refractivity contribution is 6.41. The number of isocyanates is 1. The van der Waals surface area contributed by atoms with Crippen LogP contribution in [0.5, 0.6) is 0 Å². The average Bonchev–Trinajstić information content (AvgIpc) is 2.10. The molecule has 0 aliphatic carbocycles. The van der Waals surface area contributed by atoms with Gasteiger partial charge in [0.25, 0.3) is 0 Å². The lowest BCUT2D eigenvalue weighted by Gasteiger charge is -2.04. The molecule has 68 valence electrons. The molecule has 1 aromatic rings. The van der Waals surface area contributed by atoms with Gasteiger partial charge in [-0.2, -0.15) is 4.99 Å². The second-order valence-corrected chi connectivity index (χ2v) is 3.20. The van der Waals surface area contributed by atoms with Crippen molar-refractivity contribution in [3.63, 3.8) is 0 Å². The highest BCUT2D eigenvalue weighted by atomic mass is 35.5. The number of hydrogen-bond acceptors (Lipinski definition) is 3. The quantitative estimate of drug-likeness (QED) is 0.434. The van der Waals surface area contributed by atoms with E-state index in [-0.39, 0.29) is 11.2 Å². The van der Waals surface area contributed by atoms with Crippen LogP contribution in [-0.2, 0) is 4.79 Å². The van der Waals surface area contributed by atoms with E-state index < -0.39 is 0 Å².